The molecule has 1 N–H and O–H groups in total. The normalized spacial score (nSPS) is 20.8. The molecule has 7 heteroatoms. The highest BCUT2D eigenvalue weighted by Crippen LogP contribution is 2.11. The van der Waals surface area contributed by atoms with Crippen molar-refractivity contribution in [1.29, 1.82) is 0 Å². The Balaban J connectivity index is 2.35. The number of amides is 2. The minimum atomic E-state index is -2.99. The molecule has 1 unspecified atom stereocenters. The lowest BCUT2D eigenvalue weighted by Crippen LogP contribution is -2.38. The van der Waals surface area contributed by atoms with Crippen molar-refractivity contribution in [1.82, 2.24) is 10.2 Å². The van der Waals surface area contributed by atoms with Gasteiger partial charge in [0.1, 0.15) is 0 Å². The van der Waals surface area contributed by atoms with Gasteiger partial charge in [0.25, 0.3) is 0 Å². The summed E-state index contributed by atoms with van der Waals surface area (Å²) >= 11 is 0. The minimum absolute atomic E-state index is 0.0157. The summed E-state index contributed by atoms with van der Waals surface area (Å²) < 4.78 is 22.5. The summed E-state index contributed by atoms with van der Waals surface area (Å²) in [5, 5.41) is 2.69. The molecule has 0 aromatic carbocycles. The van der Waals surface area contributed by atoms with E-state index in [0.29, 0.717) is 19.5 Å². The predicted octanol–water partition coefficient (Wildman–Crippen LogP) is -0.286. The maximum Gasteiger partial charge on any atom is 0.222 e. The van der Waals surface area contributed by atoms with E-state index in [1.807, 2.05) is 0 Å². The van der Waals surface area contributed by atoms with E-state index >= 15 is 0 Å². The van der Waals surface area contributed by atoms with Crippen LogP contribution in [-0.4, -0.2) is 55.8 Å². The van der Waals surface area contributed by atoms with Gasteiger partial charge in [-0.25, -0.2) is 8.42 Å². The fraction of sp³-hybridized carbons (Fsp3) is 0.667. The molecule has 1 atom stereocenters. The van der Waals surface area contributed by atoms with Gasteiger partial charge in [0, 0.05) is 32.5 Å². The van der Waals surface area contributed by atoms with Crippen molar-refractivity contribution in [2.24, 2.45) is 0 Å². The Hall–Kier alpha value is -1.37. The van der Waals surface area contributed by atoms with E-state index in [4.69, 9.17) is 0 Å². The zero-order chi connectivity index (χ0) is 14.5. The Kier molecular flexibility index (Phi) is 5.53. The maximum absolute atomic E-state index is 11.7. The highest BCUT2D eigenvalue weighted by Gasteiger charge is 2.28. The SMILES string of the molecule is C=CCN(CCC(=O)NC1CCS(=O)(=O)C1)C(C)=O. The van der Waals surface area contributed by atoms with Crippen LogP contribution in [0.15, 0.2) is 12.7 Å². The average Bonchev–Trinajstić information content (AvgIpc) is 2.63. The lowest BCUT2D eigenvalue weighted by Gasteiger charge is -2.19. The van der Waals surface area contributed by atoms with E-state index in [1.165, 1.54) is 11.8 Å². The standard InChI is InChI=1S/C12H20N2O4S/c1-3-6-14(10(2)15)7-4-12(16)13-11-5-8-19(17,18)9-11/h3,11H,1,4-9H2,2H3,(H,13,16). The number of sulfone groups is 1. The lowest BCUT2D eigenvalue weighted by molar-refractivity contribution is -0.129. The molecule has 1 fully saturated rings. The summed E-state index contributed by atoms with van der Waals surface area (Å²) in [6.45, 7) is 5.70. The molecule has 1 aliphatic rings. The van der Waals surface area contributed by atoms with Crippen LogP contribution >= 0.6 is 0 Å². The molecule has 1 saturated heterocycles. The first-order valence-electron chi connectivity index (χ1n) is 6.20. The molecule has 0 spiro atoms. The second kappa shape index (κ2) is 6.70. The molecule has 1 rings (SSSR count). The van der Waals surface area contributed by atoms with Gasteiger partial charge >= 0.3 is 0 Å². The molecule has 108 valence electrons. The first kappa shape index (κ1) is 15.7. The van der Waals surface area contributed by atoms with Crippen molar-refractivity contribution in [3.8, 4) is 0 Å². The van der Waals surface area contributed by atoms with Crippen LogP contribution in [0.3, 0.4) is 0 Å². The molecule has 2 amide bonds. The van der Waals surface area contributed by atoms with E-state index in [2.05, 4.69) is 11.9 Å². The molecular weight excluding hydrogens is 268 g/mol. The third-order valence-corrected chi connectivity index (χ3v) is 4.77. The summed E-state index contributed by atoms with van der Waals surface area (Å²) in [5.74, 6) is -0.191. The Morgan fingerprint density at radius 1 is 1.47 bits per heavy atom. The Morgan fingerprint density at radius 3 is 2.63 bits per heavy atom. The monoisotopic (exact) mass is 288 g/mol. The van der Waals surface area contributed by atoms with Crippen LogP contribution in [0.25, 0.3) is 0 Å². The van der Waals surface area contributed by atoms with Crippen LogP contribution in [0.5, 0.6) is 0 Å². The van der Waals surface area contributed by atoms with Gasteiger partial charge < -0.3 is 10.2 Å². The van der Waals surface area contributed by atoms with Crippen molar-refractivity contribution < 1.29 is 18.0 Å². The van der Waals surface area contributed by atoms with Crippen molar-refractivity contribution >= 4 is 21.7 Å². The summed E-state index contributed by atoms with van der Waals surface area (Å²) in [4.78, 5) is 24.4. The second-order valence-electron chi connectivity index (χ2n) is 4.67. The minimum Gasteiger partial charge on any atom is -0.352 e. The van der Waals surface area contributed by atoms with Crippen LogP contribution in [0.2, 0.25) is 0 Å². The molecule has 0 aromatic rings. The number of nitrogens with zero attached hydrogens (tertiary/aromatic N) is 1. The van der Waals surface area contributed by atoms with Gasteiger partial charge in [-0.3, -0.25) is 9.59 Å². The summed E-state index contributed by atoms with van der Waals surface area (Å²) in [7, 11) is -2.99. The fourth-order valence-electron chi connectivity index (χ4n) is 1.98. The molecule has 0 saturated carbocycles. The molecule has 0 bridgehead atoms. The molecule has 6 nitrogen and oxygen atoms in total. The zero-order valence-electron chi connectivity index (χ0n) is 11.1. The molecule has 19 heavy (non-hydrogen) atoms. The fourth-order valence-corrected chi connectivity index (χ4v) is 3.65. The van der Waals surface area contributed by atoms with Crippen molar-refractivity contribution in [3.05, 3.63) is 12.7 Å². The molecule has 1 aliphatic heterocycles. The second-order valence-corrected chi connectivity index (χ2v) is 6.90. The molecular formula is C12H20N2O4S. The third kappa shape index (κ3) is 5.42. The smallest absolute Gasteiger partial charge is 0.222 e. The van der Waals surface area contributed by atoms with E-state index in [1.54, 1.807) is 6.08 Å². The number of hydrogen-bond donors (Lipinski definition) is 1. The lowest BCUT2D eigenvalue weighted by atomic mass is 10.2. The van der Waals surface area contributed by atoms with Crippen molar-refractivity contribution in [2.45, 2.75) is 25.8 Å². The molecule has 0 radical (unpaired) electrons. The van der Waals surface area contributed by atoms with Gasteiger partial charge in [0.15, 0.2) is 9.84 Å². The van der Waals surface area contributed by atoms with Crippen molar-refractivity contribution in [3.63, 3.8) is 0 Å². The van der Waals surface area contributed by atoms with Gasteiger partial charge in [-0.2, -0.15) is 0 Å². The topological polar surface area (TPSA) is 83.6 Å². The largest absolute Gasteiger partial charge is 0.352 e. The highest BCUT2D eigenvalue weighted by atomic mass is 32.2. The highest BCUT2D eigenvalue weighted by molar-refractivity contribution is 7.91. The van der Waals surface area contributed by atoms with Crippen LogP contribution in [0, 0.1) is 0 Å². The van der Waals surface area contributed by atoms with E-state index in [0.717, 1.165) is 0 Å². The predicted molar refractivity (Wildman–Crippen MR) is 72.3 cm³/mol. The number of nitrogens with one attached hydrogen (secondary N) is 1. The van der Waals surface area contributed by atoms with Crippen LogP contribution in [-0.2, 0) is 19.4 Å². The summed E-state index contributed by atoms with van der Waals surface area (Å²) in [6.07, 6.45) is 2.24. The third-order valence-electron chi connectivity index (χ3n) is 3.00. The van der Waals surface area contributed by atoms with Gasteiger partial charge in [-0.05, 0) is 6.42 Å². The number of carbonyl (C=O) groups is 2. The quantitative estimate of drug-likeness (QED) is 0.681. The van der Waals surface area contributed by atoms with E-state index in [-0.39, 0.29) is 35.8 Å². The number of rotatable bonds is 6. The first-order valence-corrected chi connectivity index (χ1v) is 8.02. The van der Waals surface area contributed by atoms with Gasteiger partial charge in [-0.1, -0.05) is 6.08 Å². The van der Waals surface area contributed by atoms with E-state index < -0.39 is 9.84 Å². The Bertz CT molecular complexity index is 458. The van der Waals surface area contributed by atoms with E-state index in [9.17, 15) is 18.0 Å². The Morgan fingerprint density at radius 2 is 2.16 bits per heavy atom. The zero-order valence-corrected chi connectivity index (χ0v) is 11.9. The van der Waals surface area contributed by atoms with Crippen molar-refractivity contribution in [2.75, 3.05) is 24.6 Å². The van der Waals surface area contributed by atoms with Crippen LogP contribution in [0.4, 0.5) is 0 Å². The summed E-state index contributed by atoms with van der Waals surface area (Å²) in [6, 6.07) is -0.289. The van der Waals surface area contributed by atoms with Crippen LogP contribution in [0.1, 0.15) is 19.8 Å². The number of carbonyl (C=O) groups excluding carboxylic acids is 2. The number of hydrogen-bond acceptors (Lipinski definition) is 4. The molecule has 0 aliphatic carbocycles. The molecule has 1 heterocycles. The summed E-state index contributed by atoms with van der Waals surface area (Å²) in [5.41, 5.74) is 0. The van der Waals surface area contributed by atoms with Crippen LogP contribution < -0.4 is 5.32 Å². The molecule has 0 aromatic heterocycles. The van der Waals surface area contributed by atoms with Gasteiger partial charge in [-0.15, -0.1) is 6.58 Å². The average molecular weight is 288 g/mol. The van der Waals surface area contributed by atoms with Gasteiger partial charge in [0.2, 0.25) is 11.8 Å². The van der Waals surface area contributed by atoms with Gasteiger partial charge in [0.05, 0.1) is 11.5 Å². The maximum atomic E-state index is 11.7. The first-order chi connectivity index (χ1) is 8.84. The Labute approximate surface area is 113 Å².